The van der Waals surface area contributed by atoms with Crippen LogP contribution in [-0.4, -0.2) is 56.6 Å². The molecule has 1 rings (SSSR count). The molecule has 1 heterocycles. The van der Waals surface area contributed by atoms with E-state index in [1.807, 2.05) is 13.8 Å². The van der Waals surface area contributed by atoms with Crippen molar-refractivity contribution in [2.45, 2.75) is 44.6 Å². The standard InChI is InChI=1S/C10H20O5/c1-5-14-8-7(12-3)6(2)15-10(11)9(8)13-4/h6-11H,5H2,1-4H3/t6-,7-,8+,9+,10?/m0/s1. The molecule has 5 heteroatoms. The largest absolute Gasteiger partial charge is 0.376 e. The fourth-order valence-electron chi connectivity index (χ4n) is 1.95. The second-order valence-corrected chi connectivity index (χ2v) is 3.55. The lowest BCUT2D eigenvalue weighted by atomic mass is 9.99. The van der Waals surface area contributed by atoms with Crippen molar-refractivity contribution < 1.29 is 24.1 Å². The molecular formula is C10H20O5. The van der Waals surface area contributed by atoms with Gasteiger partial charge in [0.05, 0.1) is 6.10 Å². The third kappa shape index (κ3) is 2.68. The molecule has 1 unspecified atom stereocenters. The Bertz CT molecular complexity index is 171. The maximum atomic E-state index is 9.67. The van der Waals surface area contributed by atoms with Gasteiger partial charge in [-0.3, -0.25) is 0 Å². The molecule has 1 N–H and O–H groups in total. The molecule has 0 aromatic rings. The summed E-state index contributed by atoms with van der Waals surface area (Å²) in [6, 6.07) is 0. The van der Waals surface area contributed by atoms with E-state index < -0.39 is 12.4 Å². The Morgan fingerprint density at radius 3 is 2.20 bits per heavy atom. The first-order valence-electron chi connectivity index (χ1n) is 5.16. The number of rotatable bonds is 4. The SMILES string of the molecule is CCO[C@@H]1[C@@H](OC)[C@H](C)OC(O)[C@@H]1OC. The zero-order chi connectivity index (χ0) is 11.4. The van der Waals surface area contributed by atoms with Gasteiger partial charge in [-0.15, -0.1) is 0 Å². The number of methoxy groups -OCH3 is 2. The van der Waals surface area contributed by atoms with E-state index in [1.165, 1.54) is 7.11 Å². The Labute approximate surface area is 90.3 Å². The van der Waals surface area contributed by atoms with Gasteiger partial charge < -0.3 is 24.1 Å². The molecule has 0 aliphatic carbocycles. The molecule has 0 radical (unpaired) electrons. The Balaban J connectivity index is 2.77. The molecule has 0 aromatic carbocycles. The van der Waals surface area contributed by atoms with Gasteiger partial charge in [0.25, 0.3) is 0 Å². The van der Waals surface area contributed by atoms with Gasteiger partial charge >= 0.3 is 0 Å². The summed E-state index contributed by atoms with van der Waals surface area (Å²) in [4.78, 5) is 0. The average Bonchev–Trinajstić information content (AvgIpc) is 2.18. The van der Waals surface area contributed by atoms with Gasteiger partial charge in [-0.2, -0.15) is 0 Å². The van der Waals surface area contributed by atoms with Crippen LogP contribution in [0.2, 0.25) is 0 Å². The zero-order valence-corrected chi connectivity index (χ0v) is 9.67. The molecule has 1 fully saturated rings. The van der Waals surface area contributed by atoms with Gasteiger partial charge in [-0.25, -0.2) is 0 Å². The molecule has 90 valence electrons. The summed E-state index contributed by atoms with van der Waals surface area (Å²) in [5.74, 6) is 0. The molecule has 5 atom stereocenters. The third-order valence-corrected chi connectivity index (χ3v) is 2.65. The van der Waals surface area contributed by atoms with Gasteiger partial charge in [0.2, 0.25) is 0 Å². The van der Waals surface area contributed by atoms with Crippen molar-refractivity contribution in [2.75, 3.05) is 20.8 Å². The highest BCUT2D eigenvalue weighted by Gasteiger charge is 2.44. The molecule has 15 heavy (non-hydrogen) atoms. The van der Waals surface area contributed by atoms with Crippen LogP contribution in [0.5, 0.6) is 0 Å². The molecule has 5 nitrogen and oxygen atoms in total. The van der Waals surface area contributed by atoms with E-state index in [4.69, 9.17) is 18.9 Å². The lowest BCUT2D eigenvalue weighted by Gasteiger charge is -2.42. The second-order valence-electron chi connectivity index (χ2n) is 3.55. The lowest BCUT2D eigenvalue weighted by molar-refractivity contribution is -0.294. The molecular weight excluding hydrogens is 200 g/mol. The van der Waals surface area contributed by atoms with Crippen LogP contribution in [0.3, 0.4) is 0 Å². The number of hydrogen-bond acceptors (Lipinski definition) is 5. The molecule has 1 aliphatic heterocycles. The highest BCUT2D eigenvalue weighted by molar-refractivity contribution is 4.89. The minimum atomic E-state index is -0.965. The van der Waals surface area contributed by atoms with Gasteiger partial charge in [-0.1, -0.05) is 0 Å². The van der Waals surface area contributed by atoms with Gasteiger partial charge in [0.15, 0.2) is 6.29 Å². The number of ether oxygens (including phenoxy) is 4. The first-order chi connectivity index (χ1) is 7.15. The summed E-state index contributed by atoms with van der Waals surface area (Å²) >= 11 is 0. The molecule has 0 amide bonds. The normalized spacial score (nSPS) is 41.8. The van der Waals surface area contributed by atoms with Crippen LogP contribution < -0.4 is 0 Å². The summed E-state index contributed by atoms with van der Waals surface area (Å²) in [5, 5.41) is 9.67. The molecule has 1 aliphatic rings. The number of aliphatic hydroxyl groups excluding tert-OH is 1. The first-order valence-corrected chi connectivity index (χ1v) is 5.16. The van der Waals surface area contributed by atoms with E-state index in [9.17, 15) is 5.11 Å². The maximum absolute atomic E-state index is 9.67. The van der Waals surface area contributed by atoms with Gasteiger partial charge in [0.1, 0.15) is 18.3 Å². The molecule has 0 aromatic heterocycles. The topological polar surface area (TPSA) is 57.2 Å². The van der Waals surface area contributed by atoms with E-state index in [0.717, 1.165) is 0 Å². The summed E-state index contributed by atoms with van der Waals surface area (Å²) < 4.78 is 21.3. The Morgan fingerprint density at radius 1 is 1.13 bits per heavy atom. The minimum Gasteiger partial charge on any atom is -0.376 e. The van der Waals surface area contributed by atoms with E-state index in [1.54, 1.807) is 7.11 Å². The van der Waals surface area contributed by atoms with Crippen molar-refractivity contribution in [2.24, 2.45) is 0 Å². The lowest BCUT2D eigenvalue weighted by Crippen LogP contribution is -2.58. The van der Waals surface area contributed by atoms with Crippen LogP contribution in [0.25, 0.3) is 0 Å². The second kappa shape index (κ2) is 5.77. The van der Waals surface area contributed by atoms with Crippen LogP contribution in [0.4, 0.5) is 0 Å². The summed E-state index contributed by atoms with van der Waals surface area (Å²) in [7, 11) is 3.12. The fourth-order valence-corrected chi connectivity index (χ4v) is 1.95. The maximum Gasteiger partial charge on any atom is 0.184 e. The fraction of sp³-hybridized carbons (Fsp3) is 1.00. The Hall–Kier alpha value is -0.200. The van der Waals surface area contributed by atoms with E-state index in [0.29, 0.717) is 6.61 Å². The highest BCUT2D eigenvalue weighted by atomic mass is 16.7. The third-order valence-electron chi connectivity index (χ3n) is 2.65. The smallest absolute Gasteiger partial charge is 0.184 e. The monoisotopic (exact) mass is 220 g/mol. The van der Waals surface area contributed by atoms with Crippen LogP contribution in [-0.2, 0) is 18.9 Å². The highest BCUT2D eigenvalue weighted by Crippen LogP contribution is 2.25. The van der Waals surface area contributed by atoms with E-state index >= 15 is 0 Å². The average molecular weight is 220 g/mol. The van der Waals surface area contributed by atoms with Crippen molar-refractivity contribution in [1.29, 1.82) is 0 Å². The van der Waals surface area contributed by atoms with Gasteiger partial charge in [-0.05, 0) is 13.8 Å². The van der Waals surface area contributed by atoms with Gasteiger partial charge in [0, 0.05) is 20.8 Å². The van der Waals surface area contributed by atoms with Crippen molar-refractivity contribution in [1.82, 2.24) is 0 Å². The Morgan fingerprint density at radius 2 is 1.73 bits per heavy atom. The first kappa shape index (κ1) is 12.9. The number of aliphatic hydroxyl groups is 1. The van der Waals surface area contributed by atoms with Crippen molar-refractivity contribution in [3.63, 3.8) is 0 Å². The van der Waals surface area contributed by atoms with Crippen LogP contribution in [0.15, 0.2) is 0 Å². The van der Waals surface area contributed by atoms with Crippen LogP contribution in [0.1, 0.15) is 13.8 Å². The minimum absolute atomic E-state index is 0.215. The summed E-state index contributed by atoms with van der Waals surface area (Å²) in [6.07, 6.45) is -2.21. The molecule has 0 saturated carbocycles. The van der Waals surface area contributed by atoms with Crippen molar-refractivity contribution >= 4 is 0 Å². The number of hydrogen-bond donors (Lipinski definition) is 1. The summed E-state index contributed by atoms with van der Waals surface area (Å²) in [5.41, 5.74) is 0. The predicted molar refractivity (Wildman–Crippen MR) is 53.6 cm³/mol. The Kier molecular flexibility index (Phi) is 4.95. The predicted octanol–water partition coefficient (Wildman–Crippen LogP) is 0.159. The zero-order valence-electron chi connectivity index (χ0n) is 9.67. The molecule has 0 spiro atoms. The van der Waals surface area contributed by atoms with Crippen LogP contribution in [0, 0.1) is 0 Å². The van der Waals surface area contributed by atoms with E-state index in [-0.39, 0.29) is 18.3 Å². The van der Waals surface area contributed by atoms with Crippen molar-refractivity contribution in [3.8, 4) is 0 Å². The van der Waals surface area contributed by atoms with E-state index in [2.05, 4.69) is 0 Å². The van der Waals surface area contributed by atoms with Crippen LogP contribution >= 0.6 is 0 Å². The van der Waals surface area contributed by atoms with Crippen molar-refractivity contribution in [3.05, 3.63) is 0 Å². The molecule has 0 bridgehead atoms. The quantitative estimate of drug-likeness (QED) is 0.731. The molecule has 1 saturated heterocycles. The summed E-state index contributed by atoms with van der Waals surface area (Å²) in [6.45, 7) is 4.28.